The number of likely N-dealkylation sites (tertiary alicyclic amines) is 1. The Bertz CT molecular complexity index is 1260. The second-order valence-electron chi connectivity index (χ2n) is 10.3. The van der Waals surface area contributed by atoms with Gasteiger partial charge in [-0.2, -0.15) is 0 Å². The number of amides is 1. The summed E-state index contributed by atoms with van der Waals surface area (Å²) in [7, 11) is 2.00. The van der Waals surface area contributed by atoms with Crippen LogP contribution in [0.5, 0.6) is 0 Å². The quantitative estimate of drug-likeness (QED) is 0.460. The summed E-state index contributed by atoms with van der Waals surface area (Å²) in [5.74, 6) is 0.0317. The average Bonchev–Trinajstić information content (AvgIpc) is 3.41. The van der Waals surface area contributed by atoms with Crippen molar-refractivity contribution in [1.29, 1.82) is 0 Å². The summed E-state index contributed by atoms with van der Waals surface area (Å²) in [5.41, 5.74) is 4.79. The number of nitrogens with one attached hydrogen (secondary N) is 2. The van der Waals surface area contributed by atoms with Crippen LogP contribution in [0.2, 0.25) is 0 Å². The van der Waals surface area contributed by atoms with Gasteiger partial charge >= 0.3 is 0 Å². The molecular formula is C30H43FN6O. The Morgan fingerprint density at radius 2 is 2.03 bits per heavy atom. The van der Waals surface area contributed by atoms with Gasteiger partial charge in [0.05, 0.1) is 24.0 Å². The van der Waals surface area contributed by atoms with Gasteiger partial charge in [-0.1, -0.05) is 6.07 Å². The molecule has 2 atom stereocenters. The van der Waals surface area contributed by atoms with Gasteiger partial charge in [0, 0.05) is 46.0 Å². The Labute approximate surface area is 228 Å². The standard InChI is InChI=1S/C30H39FN6O.2H2/c1-6-36(5)19-28-22(4)34-29(17-32-28)33-21(3)26-16-25(11-12-27(26)31)35-30(38)23-9-10-24(20(2)15-23)18-37-13-7-8-14-37;;/h9-12,15-17,19,21-22H,6-8,13-14,18H2,1-5H3,(H,33,34)(H,35,38);2*1H/b28-19+;;/t21-,22?;;/m0../s1. The van der Waals surface area contributed by atoms with Crippen LogP contribution < -0.4 is 10.6 Å². The van der Waals surface area contributed by atoms with Crippen molar-refractivity contribution >= 4 is 23.6 Å². The van der Waals surface area contributed by atoms with Gasteiger partial charge in [-0.3, -0.25) is 19.7 Å². The lowest BCUT2D eigenvalue weighted by Crippen LogP contribution is -2.32. The predicted octanol–water partition coefficient (Wildman–Crippen LogP) is 5.79. The van der Waals surface area contributed by atoms with Crippen molar-refractivity contribution in [3.8, 4) is 0 Å². The minimum Gasteiger partial charge on any atom is -0.379 e. The summed E-state index contributed by atoms with van der Waals surface area (Å²) in [6.45, 7) is 12.0. The second-order valence-corrected chi connectivity index (χ2v) is 10.3. The summed E-state index contributed by atoms with van der Waals surface area (Å²) in [6, 6.07) is 9.99. The van der Waals surface area contributed by atoms with E-state index in [1.54, 1.807) is 18.3 Å². The number of hydrogen-bond donors (Lipinski definition) is 2. The maximum atomic E-state index is 14.8. The van der Waals surface area contributed by atoms with E-state index in [4.69, 9.17) is 0 Å². The number of anilines is 1. The van der Waals surface area contributed by atoms with Crippen LogP contribution in [0.3, 0.4) is 0 Å². The third-order valence-electron chi connectivity index (χ3n) is 7.23. The first-order chi connectivity index (χ1) is 18.2. The lowest BCUT2D eigenvalue weighted by atomic mass is 10.0. The number of amidine groups is 1. The molecule has 1 fully saturated rings. The zero-order chi connectivity index (χ0) is 27.2. The number of hydrogen-bond acceptors (Lipinski definition) is 6. The number of aliphatic imine (C=N–C) groups is 2. The van der Waals surface area contributed by atoms with Crippen molar-refractivity contribution < 1.29 is 12.0 Å². The van der Waals surface area contributed by atoms with E-state index in [1.165, 1.54) is 24.5 Å². The lowest BCUT2D eigenvalue weighted by molar-refractivity contribution is 0.102. The number of rotatable bonds is 8. The molecule has 2 heterocycles. The zero-order valence-corrected chi connectivity index (χ0v) is 23.1. The Hall–Kier alpha value is -3.52. The van der Waals surface area contributed by atoms with Crippen LogP contribution in [0.1, 0.15) is 69.6 Å². The van der Waals surface area contributed by atoms with Gasteiger partial charge < -0.3 is 15.5 Å². The molecule has 2 aliphatic rings. The molecule has 8 heteroatoms. The van der Waals surface area contributed by atoms with E-state index >= 15 is 0 Å². The van der Waals surface area contributed by atoms with Gasteiger partial charge in [0.25, 0.3) is 5.91 Å². The van der Waals surface area contributed by atoms with E-state index in [9.17, 15) is 9.18 Å². The van der Waals surface area contributed by atoms with E-state index in [1.807, 2.05) is 52.2 Å². The van der Waals surface area contributed by atoms with Crippen molar-refractivity contribution in [2.24, 2.45) is 9.98 Å². The molecule has 2 aromatic rings. The Balaban J connectivity index is 0.00000280. The molecule has 1 amide bonds. The van der Waals surface area contributed by atoms with E-state index in [0.29, 0.717) is 22.6 Å². The summed E-state index contributed by atoms with van der Waals surface area (Å²) < 4.78 is 14.8. The summed E-state index contributed by atoms with van der Waals surface area (Å²) in [4.78, 5) is 26.7. The van der Waals surface area contributed by atoms with Gasteiger partial charge in [0.2, 0.25) is 0 Å². The van der Waals surface area contributed by atoms with Crippen LogP contribution in [0.4, 0.5) is 10.1 Å². The molecule has 2 aromatic carbocycles. The highest BCUT2D eigenvalue weighted by molar-refractivity contribution is 6.30. The molecule has 38 heavy (non-hydrogen) atoms. The fourth-order valence-corrected chi connectivity index (χ4v) is 4.74. The summed E-state index contributed by atoms with van der Waals surface area (Å²) >= 11 is 0. The van der Waals surface area contributed by atoms with Gasteiger partial charge in [0.1, 0.15) is 11.7 Å². The van der Waals surface area contributed by atoms with Gasteiger partial charge in [-0.25, -0.2) is 4.39 Å². The molecule has 4 rings (SSSR count). The molecule has 7 nitrogen and oxygen atoms in total. The van der Waals surface area contributed by atoms with Gasteiger partial charge in [-0.15, -0.1) is 0 Å². The highest BCUT2D eigenvalue weighted by Gasteiger charge is 2.19. The third-order valence-corrected chi connectivity index (χ3v) is 7.23. The maximum absolute atomic E-state index is 14.8. The first-order valence-corrected chi connectivity index (χ1v) is 13.5. The first kappa shape index (κ1) is 27.5. The zero-order valence-electron chi connectivity index (χ0n) is 23.1. The molecule has 1 saturated heterocycles. The summed E-state index contributed by atoms with van der Waals surface area (Å²) in [6.07, 6.45) is 6.16. The normalized spacial score (nSPS) is 19.4. The fourth-order valence-electron chi connectivity index (χ4n) is 4.74. The minimum atomic E-state index is -0.375. The molecule has 0 aromatic heterocycles. The van der Waals surface area contributed by atoms with Crippen LogP contribution >= 0.6 is 0 Å². The van der Waals surface area contributed by atoms with Crippen LogP contribution in [0, 0.1) is 12.7 Å². The highest BCUT2D eigenvalue weighted by Crippen LogP contribution is 2.23. The molecule has 206 valence electrons. The number of carbonyl (C=O) groups excluding carboxylic acids is 1. The fraction of sp³-hybridized carbons (Fsp3) is 0.433. The number of halogens is 1. The highest BCUT2D eigenvalue weighted by atomic mass is 19.1. The van der Waals surface area contributed by atoms with Crippen LogP contribution in [-0.2, 0) is 6.54 Å². The van der Waals surface area contributed by atoms with E-state index in [2.05, 4.69) is 37.3 Å². The van der Waals surface area contributed by atoms with Crippen molar-refractivity contribution in [3.63, 3.8) is 0 Å². The Kier molecular flexibility index (Phi) is 8.94. The van der Waals surface area contributed by atoms with Crippen molar-refractivity contribution in [2.75, 3.05) is 32.0 Å². The predicted molar refractivity (Wildman–Crippen MR) is 158 cm³/mol. The maximum Gasteiger partial charge on any atom is 0.255 e. The topological polar surface area (TPSA) is 72.3 Å². The van der Waals surface area contributed by atoms with E-state index in [0.717, 1.165) is 37.4 Å². The summed E-state index contributed by atoms with van der Waals surface area (Å²) in [5, 5.41) is 6.18. The Morgan fingerprint density at radius 3 is 2.71 bits per heavy atom. The van der Waals surface area contributed by atoms with Gasteiger partial charge in [-0.05, 0) is 95.1 Å². The largest absolute Gasteiger partial charge is 0.379 e. The van der Waals surface area contributed by atoms with Crippen molar-refractivity contribution in [2.45, 2.75) is 59.2 Å². The van der Waals surface area contributed by atoms with E-state index < -0.39 is 0 Å². The molecule has 2 N–H and O–H groups in total. The van der Waals surface area contributed by atoms with E-state index in [-0.39, 0.29) is 26.7 Å². The van der Waals surface area contributed by atoms with Crippen molar-refractivity contribution in [3.05, 3.63) is 76.4 Å². The third kappa shape index (κ3) is 6.86. The Morgan fingerprint density at radius 1 is 1.26 bits per heavy atom. The first-order valence-electron chi connectivity index (χ1n) is 13.5. The smallest absolute Gasteiger partial charge is 0.255 e. The minimum absolute atomic E-state index is 0. The average molecular weight is 523 g/mol. The molecule has 0 radical (unpaired) electrons. The van der Waals surface area contributed by atoms with Crippen LogP contribution in [0.25, 0.3) is 0 Å². The van der Waals surface area contributed by atoms with Crippen LogP contribution in [0.15, 0.2) is 58.3 Å². The SMILES string of the molecule is CCN(C)/C=C1/N=CC(N[C@@H](C)c2cc(NC(=O)c3ccc(CN4CCCC4)c(C)c3)ccc2F)=NC1C.[HH].[HH]. The number of aryl methyl sites for hydroxylation is 1. The molecule has 1 unspecified atom stereocenters. The molecule has 0 spiro atoms. The van der Waals surface area contributed by atoms with Gasteiger partial charge in [0.15, 0.2) is 0 Å². The number of nitrogens with zero attached hydrogens (tertiary/aromatic N) is 4. The molecule has 0 saturated carbocycles. The lowest BCUT2D eigenvalue weighted by Gasteiger charge is -2.22. The molecular weight excluding hydrogens is 479 g/mol. The monoisotopic (exact) mass is 522 g/mol. The molecule has 2 aliphatic heterocycles. The number of benzene rings is 2. The van der Waals surface area contributed by atoms with Crippen LogP contribution in [-0.4, -0.2) is 60.5 Å². The molecule has 0 bridgehead atoms. The second kappa shape index (κ2) is 12.3. The van der Waals surface area contributed by atoms with Crippen molar-refractivity contribution in [1.82, 2.24) is 15.1 Å². The molecule has 0 aliphatic carbocycles. The number of carbonyl (C=O) groups is 1.